The van der Waals surface area contributed by atoms with Crippen LogP contribution in [0.3, 0.4) is 0 Å². The molecule has 1 aromatic carbocycles. The summed E-state index contributed by atoms with van der Waals surface area (Å²) in [5.74, 6) is -0.154. The van der Waals surface area contributed by atoms with Gasteiger partial charge >= 0.3 is 5.97 Å². The van der Waals surface area contributed by atoms with Crippen LogP contribution in [0.5, 0.6) is 0 Å². The van der Waals surface area contributed by atoms with Crippen LogP contribution in [-0.4, -0.2) is 49.7 Å². The SMILES string of the molecule is CCN(CC)CCNC1(C(=O)OC)Cc2ccccc2C1. The molecule has 0 saturated carbocycles. The number of carbonyl (C=O) groups is 1. The van der Waals surface area contributed by atoms with Crippen molar-refractivity contribution in [3.05, 3.63) is 35.4 Å². The third-order valence-electron chi connectivity index (χ3n) is 4.46. The number of nitrogens with zero attached hydrogens (tertiary/aromatic N) is 1. The van der Waals surface area contributed by atoms with Gasteiger partial charge in [-0.1, -0.05) is 38.1 Å². The van der Waals surface area contributed by atoms with Crippen molar-refractivity contribution in [2.75, 3.05) is 33.3 Å². The Labute approximate surface area is 127 Å². The predicted molar refractivity (Wildman–Crippen MR) is 84.4 cm³/mol. The minimum Gasteiger partial charge on any atom is -0.468 e. The summed E-state index contributed by atoms with van der Waals surface area (Å²) in [6.07, 6.45) is 1.43. The Morgan fingerprint density at radius 3 is 2.29 bits per heavy atom. The Balaban J connectivity index is 2.05. The summed E-state index contributed by atoms with van der Waals surface area (Å²) in [5, 5.41) is 3.48. The number of rotatable bonds is 7. The van der Waals surface area contributed by atoms with E-state index in [0.29, 0.717) is 12.8 Å². The van der Waals surface area contributed by atoms with Crippen LogP contribution in [0, 0.1) is 0 Å². The van der Waals surface area contributed by atoms with Gasteiger partial charge in [-0.15, -0.1) is 0 Å². The Morgan fingerprint density at radius 2 is 1.81 bits per heavy atom. The third kappa shape index (κ3) is 3.44. The van der Waals surface area contributed by atoms with E-state index >= 15 is 0 Å². The number of hydrogen-bond donors (Lipinski definition) is 1. The summed E-state index contributed by atoms with van der Waals surface area (Å²) in [6, 6.07) is 8.27. The molecule has 0 amide bonds. The van der Waals surface area contributed by atoms with Crippen molar-refractivity contribution in [3.8, 4) is 0 Å². The quantitative estimate of drug-likeness (QED) is 0.775. The molecule has 0 bridgehead atoms. The molecule has 4 nitrogen and oxygen atoms in total. The number of hydrogen-bond acceptors (Lipinski definition) is 4. The molecule has 0 radical (unpaired) electrons. The Bertz CT molecular complexity index is 458. The average Bonchev–Trinajstić information content (AvgIpc) is 2.90. The second-order valence-electron chi connectivity index (χ2n) is 5.65. The summed E-state index contributed by atoms with van der Waals surface area (Å²) < 4.78 is 5.06. The van der Waals surface area contributed by atoms with Crippen molar-refractivity contribution >= 4 is 5.97 Å². The number of benzene rings is 1. The molecule has 1 aromatic rings. The first-order valence-electron chi connectivity index (χ1n) is 7.77. The van der Waals surface area contributed by atoms with Crippen molar-refractivity contribution in [1.82, 2.24) is 10.2 Å². The van der Waals surface area contributed by atoms with Crippen LogP contribution in [-0.2, 0) is 22.4 Å². The number of nitrogens with one attached hydrogen (secondary N) is 1. The van der Waals surface area contributed by atoms with Crippen molar-refractivity contribution in [3.63, 3.8) is 0 Å². The van der Waals surface area contributed by atoms with E-state index in [1.54, 1.807) is 0 Å². The summed E-state index contributed by atoms with van der Waals surface area (Å²) in [5.41, 5.74) is 1.91. The van der Waals surface area contributed by atoms with Crippen molar-refractivity contribution in [2.45, 2.75) is 32.2 Å². The zero-order valence-corrected chi connectivity index (χ0v) is 13.3. The first kappa shape index (κ1) is 16.0. The molecule has 2 rings (SSSR count). The van der Waals surface area contributed by atoms with Crippen LogP contribution in [0.2, 0.25) is 0 Å². The molecule has 1 N–H and O–H groups in total. The van der Waals surface area contributed by atoms with E-state index in [1.165, 1.54) is 18.2 Å². The van der Waals surface area contributed by atoms with Gasteiger partial charge in [-0.2, -0.15) is 0 Å². The molecular weight excluding hydrogens is 264 g/mol. The number of likely N-dealkylation sites (N-methyl/N-ethyl adjacent to an activating group) is 1. The minimum absolute atomic E-state index is 0.154. The fourth-order valence-electron chi connectivity index (χ4n) is 3.15. The molecule has 0 aromatic heterocycles. The maximum atomic E-state index is 12.3. The van der Waals surface area contributed by atoms with Gasteiger partial charge in [-0.05, 0) is 24.2 Å². The van der Waals surface area contributed by atoms with E-state index in [2.05, 4.69) is 36.2 Å². The highest BCUT2D eigenvalue weighted by Gasteiger charge is 2.44. The molecule has 1 aliphatic carbocycles. The molecular formula is C17H26N2O2. The van der Waals surface area contributed by atoms with E-state index < -0.39 is 5.54 Å². The number of esters is 1. The molecule has 0 unspecified atom stereocenters. The fraction of sp³-hybridized carbons (Fsp3) is 0.588. The molecule has 0 fully saturated rings. The van der Waals surface area contributed by atoms with Gasteiger partial charge in [0.05, 0.1) is 7.11 Å². The lowest BCUT2D eigenvalue weighted by molar-refractivity contribution is -0.148. The molecule has 0 saturated heterocycles. The van der Waals surface area contributed by atoms with Gasteiger partial charge in [-0.3, -0.25) is 4.79 Å². The van der Waals surface area contributed by atoms with Crippen molar-refractivity contribution < 1.29 is 9.53 Å². The predicted octanol–water partition coefficient (Wildman–Crippen LogP) is 1.63. The van der Waals surface area contributed by atoms with Crippen LogP contribution in [0.4, 0.5) is 0 Å². The van der Waals surface area contributed by atoms with Crippen molar-refractivity contribution in [2.24, 2.45) is 0 Å². The van der Waals surface area contributed by atoms with Gasteiger partial charge < -0.3 is 15.0 Å². The summed E-state index contributed by atoms with van der Waals surface area (Å²) >= 11 is 0. The van der Waals surface area contributed by atoms with Crippen LogP contribution in [0.1, 0.15) is 25.0 Å². The molecule has 0 atom stereocenters. The third-order valence-corrected chi connectivity index (χ3v) is 4.46. The molecule has 21 heavy (non-hydrogen) atoms. The first-order chi connectivity index (χ1) is 10.1. The summed E-state index contributed by atoms with van der Waals surface area (Å²) in [4.78, 5) is 14.7. The van der Waals surface area contributed by atoms with E-state index in [-0.39, 0.29) is 5.97 Å². The number of ether oxygens (including phenoxy) is 1. The van der Waals surface area contributed by atoms with E-state index in [4.69, 9.17) is 4.74 Å². The molecule has 0 spiro atoms. The largest absolute Gasteiger partial charge is 0.468 e. The highest BCUT2D eigenvalue weighted by Crippen LogP contribution is 2.30. The molecule has 4 heteroatoms. The van der Waals surface area contributed by atoms with Crippen LogP contribution < -0.4 is 5.32 Å². The zero-order valence-electron chi connectivity index (χ0n) is 13.3. The highest BCUT2D eigenvalue weighted by molar-refractivity contribution is 5.83. The maximum absolute atomic E-state index is 12.3. The van der Waals surface area contributed by atoms with Crippen LogP contribution in [0.15, 0.2) is 24.3 Å². The standard InChI is InChI=1S/C17H26N2O2/c1-4-19(5-2)11-10-18-17(16(20)21-3)12-14-8-6-7-9-15(14)13-17/h6-9,18H,4-5,10-13H2,1-3H3. The Morgan fingerprint density at radius 1 is 1.24 bits per heavy atom. The van der Waals surface area contributed by atoms with Crippen molar-refractivity contribution in [1.29, 1.82) is 0 Å². The lowest BCUT2D eigenvalue weighted by Crippen LogP contribution is -2.55. The first-order valence-corrected chi connectivity index (χ1v) is 7.77. The van der Waals surface area contributed by atoms with Gasteiger partial charge in [0.25, 0.3) is 0 Å². The molecule has 1 aliphatic rings. The summed E-state index contributed by atoms with van der Waals surface area (Å²) in [6.45, 7) is 8.12. The van der Waals surface area contributed by atoms with Gasteiger partial charge in [0.15, 0.2) is 0 Å². The maximum Gasteiger partial charge on any atom is 0.326 e. The van der Waals surface area contributed by atoms with E-state index in [0.717, 1.165) is 26.2 Å². The normalized spacial score (nSPS) is 16.0. The monoisotopic (exact) mass is 290 g/mol. The van der Waals surface area contributed by atoms with Gasteiger partial charge in [0.1, 0.15) is 5.54 Å². The highest BCUT2D eigenvalue weighted by atomic mass is 16.5. The molecule has 116 valence electrons. The number of methoxy groups -OCH3 is 1. The molecule has 0 aliphatic heterocycles. The number of fused-ring (bicyclic) bond motifs is 1. The smallest absolute Gasteiger partial charge is 0.326 e. The lowest BCUT2D eigenvalue weighted by atomic mass is 9.95. The van der Waals surface area contributed by atoms with Gasteiger partial charge in [0, 0.05) is 25.9 Å². The van der Waals surface area contributed by atoms with E-state index in [1.807, 2.05) is 12.1 Å². The second-order valence-corrected chi connectivity index (χ2v) is 5.65. The van der Waals surface area contributed by atoms with Gasteiger partial charge in [0.2, 0.25) is 0 Å². The summed E-state index contributed by atoms with van der Waals surface area (Å²) in [7, 11) is 1.47. The average molecular weight is 290 g/mol. The van der Waals surface area contributed by atoms with E-state index in [9.17, 15) is 4.79 Å². The lowest BCUT2D eigenvalue weighted by Gasteiger charge is -2.29. The van der Waals surface area contributed by atoms with Crippen LogP contribution >= 0.6 is 0 Å². The minimum atomic E-state index is -0.592. The number of carbonyl (C=O) groups excluding carboxylic acids is 1. The Kier molecular flexibility index (Phi) is 5.37. The second kappa shape index (κ2) is 7.05. The topological polar surface area (TPSA) is 41.6 Å². The fourth-order valence-corrected chi connectivity index (χ4v) is 3.15. The van der Waals surface area contributed by atoms with Gasteiger partial charge in [-0.25, -0.2) is 0 Å². The molecule has 0 heterocycles. The Hall–Kier alpha value is -1.39. The van der Waals surface area contributed by atoms with Crippen LogP contribution in [0.25, 0.3) is 0 Å². The zero-order chi connectivity index (χ0) is 15.3.